The maximum Gasteiger partial charge on any atom is 0.408 e. The first-order valence-electron chi connectivity index (χ1n) is 7.01. The minimum absolute atomic E-state index is 0.217. The third-order valence-electron chi connectivity index (χ3n) is 3.34. The fourth-order valence-electron chi connectivity index (χ4n) is 2.57. The van der Waals surface area contributed by atoms with Crippen molar-refractivity contribution in [2.75, 3.05) is 7.11 Å². The lowest BCUT2D eigenvalue weighted by atomic mass is 10.0. The van der Waals surface area contributed by atoms with Gasteiger partial charge in [-0.1, -0.05) is 12.1 Å². The topological polar surface area (TPSA) is 64.6 Å². The van der Waals surface area contributed by atoms with Crippen molar-refractivity contribution in [2.24, 2.45) is 0 Å². The zero-order valence-corrected chi connectivity index (χ0v) is 12.9. The van der Waals surface area contributed by atoms with Gasteiger partial charge in [0, 0.05) is 0 Å². The van der Waals surface area contributed by atoms with Crippen molar-refractivity contribution in [3.63, 3.8) is 0 Å². The summed E-state index contributed by atoms with van der Waals surface area (Å²) in [5.74, 6) is -0.385. The molecule has 1 aromatic carbocycles. The highest BCUT2D eigenvalue weighted by atomic mass is 16.6. The Morgan fingerprint density at radius 2 is 2.00 bits per heavy atom. The molecule has 0 radical (unpaired) electrons. The molecule has 1 aliphatic carbocycles. The highest BCUT2D eigenvalue weighted by molar-refractivity contribution is 5.92. The molecule has 5 heteroatoms. The standard InChI is InChI=1S/C16H21NO4/c1-16(2,3)21-15(19)17-12-9-8-10-6-5-7-11(13(10)12)14(18)20-4/h5-7,12H,8-9H2,1-4H3,(H,17,19). The summed E-state index contributed by atoms with van der Waals surface area (Å²) in [6.45, 7) is 5.44. The van der Waals surface area contributed by atoms with Crippen LogP contribution >= 0.6 is 0 Å². The van der Waals surface area contributed by atoms with Crippen LogP contribution in [0.2, 0.25) is 0 Å². The SMILES string of the molecule is COC(=O)c1cccc2c1C(NC(=O)OC(C)(C)C)CC2. The number of rotatable bonds is 2. The van der Waals surface area contributed by atoms with E-state index in [0.29, 0.717) is 5.56 Å². The highest BCUT2D eigenvalue weighted by Gasteiger charge is 2.30. The zero-order chi connectivity index (χ0) is 15.6. The summed E-state index contributed by atoms with van der Waals surface area (Å²) in [7, 11) is 1.35. The zero-order valence-electron chi connectivity index (χ0n) is 12.9. The minimum atomic E-state index is -0.548. The maximum absolute atomic E-state index is 11.9. The lowest BCUT2D eigenvalue weighted by Gasteiger charge is -2.22. The van der Waals surface area contributed by atoms with Crippen LogP contribution in [0.25, 0.3) is 0 Å². The second kappa shape index (κ2) is 5.76. The van der Waals surface area contributed by atoms with E-state index in [9.17, 15) is 9.59 Å². The molecule has 1 atom stereocenters. The first-order chi connectivity index (χ1) is 9.81. The lowest BCUT2D eigenvalue weighted by Crippen LogP contribution is -2.34. The number of carbonyl (C=O) groups is 2. The van der Waals surface area contributed by atoms with E-state index >= 15 is 0 Å². The molecule has 0 aromatic heterocycles. The summed E-state index contributed by atoms with van der Waals surface area (Å²) < 4.78 is 10.1. The first-order valence-corrected chi connectivity index (χ1v) is 7.01. The molecule has 0 saturated carbocycles. The number of aryl methyl sites for hydroxylation is 1. The van der Waals surface area contributed by atoms with Crippen LogP contribution in [0.4, 0.5) is 4.79 Å². The van der Waals surface area contributed by atoms with Gasteiger partial charge in [-0.25, -0.2) is 9.59 Å². The normalized spacial score (nSPS) is 17.0. The van der Waals surface area contributed by atoms with E-state index in [1.165, 1.54) is 7.11 Å². The van der Waals surface area contributed by atoms with Gasteiger partial charge in [0.05, 0.1) is 18.7 Å². The largest absolute Gasteiger partial charge is 0.465 e. The van der Waals surface area contributed by atoms with Crippen molar-refractivity contribution < 1.29 is 19.1 Å². The number of ether oxygens (including phenoxy) is 2. The van der Waals surface area contributed by atoms with Gasteiger partial charge in [0.1, 0.15) is 5.60 Å². The Morgan fingerprint density at radius 3 is 2.62 bits per heavy atom. The number of esters is 1. The van der Waals surface area contributed by atoms with Gasteiger partial charge in [0.2, 0.25) is 0 Å². The predicted octanol–water partition coefficient (Wildman–Crippen LogP) is 2.99. The third-order valence-corrected chi connectivity index (χ3v) is 3.34. The molecule has 0 spiro atoms. The Morgan fingerprint density at radius 1 is 1.29 bits per heavy atom. The van der Waals surface area contributed by atoms with Gasteiger partial charge in [-0.15, -0.1) is 0 Å². The number of carbonyl (C=O) groups excluding carboxylic acids is 2. The van der Waals surface area contributed by atoms with E-state index in [-0.39, 0.29) is 12.0 Å². The van der Waals surface area contributed by atoms with Crippen molar-refractivity contribution in [1.29, 1.82) is 0 Å². The molecule has 0 saturated heterocycles. The number of nitrogens with one attached hydrogen (secondary N) is 1. The number of alkyl carbamates (subject to hydrolysis) is 1. The Hall–Kier alpha value is -2.04. The molecule has 0 aliphatic heterocycles. The summed E-state index contributed by atoms with van der Waals surface area (Å²) in [5.41, 5.74) is 1.87. The Balaban J connectivity index is 2.21. The summed E-state index contributed by atoms with van der Waals surface area (Å²) in [6.07, 6.45) is 1.10. The van der Waals surface area contributed by atoms with E-state index in [4.69, 9.17) is 9.47 Å². The van der Waals surface area contributed by atoms with Crippen molar-refractivity contribution in [3.8, 4) is 0 Å². The highest BCUT2D eigenvalue weighted by Crippen LogP contribution is 2.34. The Kier molecular flexibility index (Phi) is 4.21. The van der Waals surface area contributed by atoms with Gasteiger partial charge in [-0.05, 0) is 50.8 Å². The van der Waals surface area contributed by atoms with E-state index in [1.807, 2.05) is 32.9 Å². The molecule has 114 valence electrons. The summed E-state index contributed by atoms with van der Waals surface area (Å²) in [5, 5.41) is 2.84. The Labute approximate surface area is 124 Å². The van der Waals surface area contributed by atoms with Crippen LogP contribution in [0, 0.1) is 0 Å². The number of fused-ring (bicyclic) bond motifs is 1. The minimum Gasteiger partial charge on any atom is -0.465 e. The van der Waals surface area contributed by atoms with Crippen molar-refractivity contribution in [3.05, 3.63) is 34.9 Å². The molecule has 5 nitrogen and oxygen atoms in total. The summed E-state index contributed by atoms with van der Waals surface area (Å²) >= 11 is 0. The van der Waals surface area contributed by atoms with Crippen molar-refractivity contribution in [2.45, 2.75) is 45.3 Å². The number of hydrogen-bond acceptors (Lipinski definition) is 4. The Bertz CT molecular complexity index is 560. The fraction of sp³-hybridized carbons (Fsp3) is 0.500. The van der Waals surface area contributed by atoms with Gasteiger partial charge in [0.25, 0.3) is 0 Å². The molecule has 21 heavy (non-hydrogen) atoms. The lowest BCUT2D eigenvalue weighted by molar-refractivity contribution is 0.0498. The molecule has 1 aliphatic rings. The molecular weight excluding hydrogens is 270 g/mol. The van der Waals surface area contributed by atoms with Crippen molar-refractivity contribution >= 4 is 12.1 Å². The van der Waals surface area contributed by atoms with Gasteiger partial charge < -0.3 is 14.8 Å². The van der Waals surface area contributed by atoms with E-state index < -0.39 is 11.7 Å². The van der Waals surface area contributed by atoms with Crippen LogP contribution in [-0.4, -0.2) is 24.8 Å². The molecule has 1 amide bonds. The van der Waals surface area contributed by atoms with Crippen LogP contribution in [-0.2, 0) is 15.9 Å². The quantitative estimate of drug-likeness (QED) is 0.851. The number of methoxy groups -OCH3 is 1. The van der Waals surface area contributed by atoms with Crippen LogP contribution in [0.3, 0.4) is 0 Å². The van der Waals surface area contributed by atoms with Crippen LogP contribution in [0.5, 0.6) is 0 Å². The van der Waals surface area contributed by atoms with Gasteiger partial charge in [-0.3, -0.25) is 0 Å². The van der Waals surface area contributed by atoms with E-state index in [1.54, 1.807) is 6.07 Å². The van der Waals surface area contributed by atoms with Gasteiger partial charge >= 0.3 is 12.1 Å². The summed E-state index contributed by atoms with van der Waals surface area (Å²) in [4.78, 5) is 23.8. The summed E-state index contributed by atoms with van der Waals surface area (Å²) in [6, 6.07) is 5.31. The van der Waals surface area contributed by atoms with Gasteiger partial charge in [0.15, 0.2) is 0 Å². The predicted molar refractivity (Wildman–Crippen MR) is 78.2 cm³/mol. The van der Waals surface area contributed by atoms with Crippen LogP contribution in [0.15, 0.2) is 18.2 Å². The first kappa shape index (κ1) is 15.4. The van der Waals surface area contributed by atoms with Gasteiger partial charge in [-0.2, -0.15) is 0 Å². The van der Waals surface area contributed by atoms with E-state index in [0.717, 1.165) is 24.0 Å². The van der Waals surface area contributed by atoms with Crippen LogP contribution in [0.1, 0.15) is 54.7 Å². The molecule has 1 unspecified atom stereocenters. The fourth-order valence-corrected chi connectivity index (χ4v) is 2.57. The number of benzene rings is 1. The molecule has 0 heterocycles. The second-order valence-electron chi connectivity index (χ2n) is 6.11. The molecule has 1 aromatic rings. The van der Waals surface area contributed by atoms with Crippen LogP contribution < -0.4 is 5.32 Å². The number of hydrogen-bond donors (Lipinski definition) is 1. The molecule has 1 N–H and O–H groups in total. The smallest absolute Gasteiger partial charge is 0.408 e. The monoisotopic (exact) mass is 291 g/mol. The van der Waals surface area contributed by atoms with E-state index in [2.05, 4.69) is 5.32 Å². The second-order valence-corrected chi connectivity index (χ2v) is 6.11. The molecule has 0 fully saturated rings. The molecule has 2 rings (SSSR count). The van der Waals surface area contributed by atoms with Crippen molar-refractivity contribution in [1.82, 2.24) is 5.32 Å². The number of amides is 1. The molecular formula is C16H21NO4. The molecule has 0 bridgehead atoms. The average Bonchev–Trinajstić information content (AvgIpc) is 2.79. The maximum atomic E-state index is 11.9. The average molecular weight is 291 g/mol. The third kappa shape index (κ3) is 3.54.